The van der Waals surface area contributed by atoms with E-state index in [2.05, 4.69) is 16.8 Å². The van der Waals surface area contributed by atoms with Crippen LogP contribution in [0.5, 0.6) is 0 Å². The van der Waals surface area contributed by atoms with E-state index in [0.29, 0.717) is 48.7 Å². The summed E-state index contributed by atoms with van der Waals surface area (Å²) in [6.45, 7) is 8.62. The number of amides is 1. The molecule has 8 heteroatoms. The van der Waals surface area contributed by atoms with E-state index in [1.54, 1.807) is 56.9 Å². The number of piperazine rings is 1. The second-order valence-corrected chi connectivity index (χ2v) is 8.37. The topological polar surface area (TPSA) is 72.0 Å². The molecule has 1 amide bonds. The molecule has 1 aliphatic rings. The molecule has 0 aliphatic carbocycles. The van der Waals surface area contributed by atoms with E-state index in [4.69, 9.17) is 9.57 Å². The van der Waals surface area contributed by atoms with Crippen molar-refractivity contribution < 1.29 is 23.6 Å². The number of hydroxylamine groups is 2. The van der Waals surface area contributed by atoms with Crippen molar-refractivity contribution in [1.29, 1.82) is 0 Å². The Bertz CT molecular complexity index is 1060. The molecule has 0 atom stereocenters. The molecule has 0 N–H and O–H groups in total. The van der Waals surface area contributed by atoms with E-state index in [0.717, 1.165) is 0 Å². The third kappa shape index (κ3) is 6.53. The zero-order valence-corrected chi connectivity index (χ0v) is 18.6. The van der Waals surface area contributed by atoms with Crippen LogP contribution in [0.1, 0.15) is 48.1 Å². The van der Waals surface area contributed by atoms with Gasteiger partial charge in [-0.1, -0.05) is 12.0 Å². The van der Waals surface area contributed by atoms with E-state index >= 15 is 0 Å². The molecule has 7 nitrogen and oxygen atoms in total. The Kier molecular flexibility index (Phi) is 7.11. The normalized spacial score (nSPS) is 14.3. The average molecular weight is 439 g/mol. The standard InChI is InChI=1S/C24H26FN3O4/c1-17-21(11-10-20(26-17)9-8-18-6-5-7-19(25)16-18)22(29)27-12-14-28(15-13-27)32-23(30)31-24(2,3)4/h5-7,10-11,16H,12-15H2,1-4H3. The minimum absolute atomic E-state index is 0.142. The van der Waals surface area contributed by atoms with Gasteiger partial charge in [0.15, 0.2) is 0 Å². The maximum absolute atomic E-state index is 13.3. The summed E-state index contributed by atoms with van der Waals surface area (Å²) in [4.78, 5) is 36.0. The SMILES string of the molecule is Cc1nc(C#Cc2cccc(F)c2)ccc1C(=O)N1CCN(OC(=O)OC(C)(C)C)CC1. The van der Waals surface area contributed by atoms with Crippen LogP contribution in [0.2, 0.25) is 0 Å². The van der Waals surface area contributed by atoms with Gasteiger partial charge < -0.3 is 14.5 Å². The van der Waals surface area contributed by atoms with Gasteiger partial charge in [-0.2, -0.15) is 0 Å². The summed E-state index contributed by atoms with van der Waals surface area (Å²) in [6.07, 6.45) is -0.757. The average Bonchev–Trinajstić information content (AvgIpc) is 2.71. The number of halogens is 1. The molecule has 1 saturated heterocycles. The Morgan fingerprint density at radius 3 is 2.41 bits per heavy atom. The number of hydrogen-bond donors (Lipinski definition) is 0. The van der Waals surface area contributed by atoms with Crippen LogP contribution in [0, 0.1) is 24.6 Å². The molecular formula is C24H26FN3O4. The summed E-state index contributed by atoms with van der Waals surface area (Å²) in [5, 5.41) is 1.49. The number of ether oxygens (including phenoxy) is 1. The van der Waals surface area contributed by atoms with Crippen molar-refractivity contribution >= 4 is 12.1 Å². The van der Waals surface area contributed by atoms with Crippen molar-refractivity contribution in [3.05, 3.63) is 64.7 Å². The first-order valence-electron chi connectivity index (χ1n) is 10.3. The number of benzene rings is 1. The Morgan fingerprint density at radius 2 is 1.78 bits per heavy atom. The van der Waals surface area contributed by atoms with Crippen LogP contribution in [0.15, 0.2) is 36.4 Å². The Morgan fingerprint density at radius 1 is 1.06 bits per heavy atom. The molecule has 0 bridgehead atoms. The lowest BCUT2D eigenvalue weighted by atomic mass is 10.1. The maximum Gasteiger partial charge on any atom is 0.528 e. The number of carbonyl (C=O) groups is 2. The molecular weight excluding hydrogens is 413 g/mol. The van der Waals surface area contributed by atoms with E-state index in [1.165, 1.54) is 17.2 Å². The highest BCUT2D eigenvalue weighted by atomic mass is 19.1. The summed E-state index contributed by atoms with van der Waals surface area (Å²) >= 11 is 0. The highest BCUT2D eigenvalue weighted by Crippen LogP contribution is 2.14. The number of carbonyl (C=O) groups excluding carboxylic acids is 2. The summed E-state index contributed by atoms with van der Waals surface area (Å²) in [6, 6.07) is 9.39. The first-order valence-corrected chi connectivity index (χ1v) is 10.3. The predicted molar refractivity (Wildman–Crippen MR) is 116 cm³/mol. The molecule has 0 spiro atoms. The maximum atomic E-state index is 13.3. The van der Waals surface area contributed by atoms with Crippen LogP contribution >= 0.6 is 0 Å². The zero-order chi connectivity index (χ0) is 23.3. The molecule has 0 radical (unpaired) electrons. The number of pyridine rings is 1. The molecule has 0 unspecified atom stereocenters. The van der Waals surface area contributed by atoms with Gasteiger partial charge in [0.25, 0.3) is 5.91 Å². The highest BCUT2D eigenvalue weighted by molar-refractivity contribution is 5.95. The second kappa shape index (κ2) is 9.79. The van der Waals surface area contributed by atoms with Crippen molar-refractivity contribution in [3.8, 4) is 11.8 Å². The predicted octanol–water partition coefficient (Wildman–Crippen LogP) is 3.55. The summed E-state index contributed by atoms with van der Waals surface area (Å²) in [5.74, 6) is 5.27. The summed E-state index contributed by atoms with van der Waals surface area (Å²) in [5.41, 5.74) is 1.47. The Labute approximate surface area is 187 Å². The summed E-state index contributed by atoms with van der Waals surface area (Å²) in [7, 11) is 0. The zero-order valence-electron chi connectivity index (χ0n) is 18.6. The van der Waals surface area contributed by atoms with Crippen molar-refractivity contribution in [2.24, 2.45) is 0 Å². The van der Waals surface area contributed by atoms with Crippen LogP contribution < -0.4 is 0 Å². The monoisotopic (exact) mass is 439 g/mol. The fourth-order valence-electron chi connectivity index (χ4n) is 3.09. The van der Waals surface area contributed by atoms with E-state index < -0.39 is 11.8 Å². The van der Waals surface area contributed by atoms with Crippen molar-refractivity contribution in [1.82, 2.24) is 14.9 Å². The molecule has 1 aromatic carbocycles. The minimum Gasteiger partial charge on any atom is -0.427 e. The van der Waals surface area contributed by atoms with Gasteiger partial charge >= 0.3 is 6.16 Å². The molecule has 32 heavy (non-hydrogen) atoms. The molecule has 3 rings (SSSR count). The highest BCUT2D eigenvalue weighted by Gasteiger charge is 2.27. The lowest BCUT2D eigenvalue weighted by Crippen LogP contribution is -2.49. The van der Waals surface area contributed by atoms with Gasteiger partial charge in [-0.25, -0.2) is 14.2 Å². The molecule has 1 aliphatic heterocycles. The molecule has 1 aromatic heterocycles. The lowest BCUT2D eigenvalue weighted by molar-refractivity contribution is -0.154. The van der Waals surface area contributed by atoms with Crippen LogP contribution in [0.25, 0.3) is 0 Å². The number of rotatable bonds is 2. The number of aryl methyl sites for hydroxylation is 1. The van der Waals surface area contributed by atoms with Crippen molar-refractivity contribution in [2.75, 3.05) is 26.2 Å². The third-order valence-corrected chi connectivity index (χ3v) is 4.59. The van der Waals surface area contributed by atoms with Crippen LogP contribution in [-0.2, 0) is 9.57 Å². The van der Waals surface area contributed by atoms with Gasteiger partial charge in [0.05, 0.1) is 24.3 Å². The van der Waals surface area contributed by atoms with E-state index in [9.17, 15) is 14.0 Å². The van der Waals surface area contributed by atoms with Gasteiger partial charge in [-0.05, 0) is 63.9 Å². The van der Waals surface area contributed by atoms with E-state index in [1.807, 2.05) is 0 Å². The van der Waals surface area contributed by atoms with Gasteiger partial charge in [0.2, 0.25) is 0 Å². The van der Waals surface area contributed by atoms with Crippen LogP contribution in [0.4, 0.5) is 9.18 Å². The molecule has 1 fully saturated rings. The van der Waals surface area contributed by atoms with E-state index in [-0.39, 0.29) is 11.7 Å². The quantitative estimate of drug-likeness (QED) is 0.526. The fourth-order valence-corrected chi connectivity index (χ4v) is 3.09. The summed E-state index contributed by atoms with van der Waals surface area (Å²) < 4.78 is 18.4. The molecule has 2 aromatic rings. The number of nitrogens with zero attached hydrogens (tertiary/aromatic N) is 3. The largest absolute Gasteiger partial charge is 0.528 e. The van der Waals surface area contributed by atoms with Gasteiger partial charge in [0, 0.05) is 18.7 Å². The first-order chi connectivity index (χ1) is 15.1. The van der Waals surface area contributed by atoms with Crippen LogP contribution in [-0.4, -0.2) is 58.8 Å². The molecule has 2 heterocycles. The lowest BCUT2D eigenvalue weighted by Gasteiger charge is -2.33. The fraction of sp³-hybridized carbons (Fsp3) is 0.375. The molecule has 0 saturated carbocycles. The van der Waals surface area contributed by atoms with Gasteiger partial charge in [-0.3, -0.25) is 4.79 Å². The smallest absolute Gasteiger partial charge is 0.427 e. The second-order valence-electron chi connectivity index (χ2n) is 8.37. The van der Waals surface area contributed by atoms with Crippen molar-refractivity contribution in [3.63, 3.8) is 0 Å². The van der Waals surface area contributed by atoms with Crippen LogP contribution in [0.3, 0.4) is 0 Å². The molecule has 168 valence electrons. The number of aromatic nitrogens is 1. The minimum atomic E-state index is -0.757. The third-order valence-electron chi connectivity index (χ3n) is 4.59. The first kappa shape index (κ1) is 23.2. The van der Waals surface area contributed by atoms with Gasteiger partial charge in [0.1, 0.15) is 17.1 Å². The Hall–Kier alpha value is -3.44. The van der Waals surface area contributed by atoms with Gasteiger partial charge in [-0.15, -0.1) is 5.06 Å². The van der Waals surface area contributed by atoms with Crippen molar-refractivity contribution in [2.45, 2.75) is 33.3 Å². The number of hydrogen-bond acceptors (Lipinski definition) is 6. The Balaban J connectivity index is 1.59.